The van der Waals surface area contributed by atoms with Crippen LogP contribution in [0.5, 0.6) is 17.2 Å². The van der Waals surface area contributed by atoms with E-state index in [1.807, 2.05) is 36.4 Å². The van der Waals surface area contributed by atoms with Gasteiger partial charge < -0.3 is 19.5 Å². The number of para-hydroxylation sites is 2. The molecule has 202 valence electrons. The molecule has 0 spiro atoms. The fraction of sp³-hybridized carbons (Fsp3) is 0.290. The van der Waals surface area contributed by atoms with Crippen LogP contribution in [0.25, 0.3) is 0 Å². The molecule has 1 N–H and O–H groups in total. The molecule has 39 heavy (non-hydrogen) atoms. The minimum absolute atomic E-state index is 0.113. The first kappa shape index (κ1) is 26.3. The van der Waals surface area contributed by atoms with Crippen LogP contribution in [0.2, 0.25) is 0 Å². The first-order valence-electron chi connectivity index (χ1n) is 12.9. The maximum absolute atomic E-state index is 14.5. The molecular weight excluding hydrogens is 499 g/mol. The molecule has 1 aliphatic heterocycles. The Morgan fingerprint density at radius 3 is 2.31 bits per heavy atom. The highest BCUT2D eigenvalue weighted by atomic mass is 19.1. The summed E-state index contributed by atoms with van der Waals surface area (Å²) in [5, 5.41) is 3.48. The second-order valence-electron chi connectivity index (χ2n) is 9.60. The van der Waals surface area contributed by atoms with Crippen LogP contribution in [-0.2, 0) is 9.59 Å². The SMILES string of the molecule is CCC(=O)N1c2ccccc2NC2=C(C(=O)C[C@H](c3cc(OC)c(OC)c(OC)c3)C2)[C@H]1c1cccc(F)c1. The number of hydrogen-bond acceptors (Lipinski definition) is 6. The molecule has 1 amide bonds. The lowest BCUT2D eigenvalue weighted by molar-refractivity contribution is -0.119. The average molecular weight is 531 g/mol. The summed E-state index contributed by atoms with van der Waals surface area (Å²) in [5.41, 5.74) is 3.95. The highest BCUT2D eigenvalue weighted by molar-refractivity contribution is 6.06. The maximum Gasteiger partial charge on any atom is 0.227 e. The molecule has 3 aromatic carbocycles. The van der Waals surface area contributed by atoms with Gasteiger partial charge in [-0.25, -0.2) is 4.39 Å². The minimum Gasteiger partial charge on any atom is -0.493 e. The molecule has 8 heteroatoms. The molecule has 0 saturated heterocycles. The number of amides is 1. The lowest BCUT2D eigenvalue weighted by Crippen LogP contribution is -2.38. The molecule has 0 fully saturated rings. The summed E-state index contributed by atoms with van der Waals surface area (Å²) in [6.45, 7) is 1.78. The standard InChI is InChI=1S/C31H31FN2O5/c1-5-28(36)34-24-12-7-6-11-22(24)33-23-14-19(20-16-26(37-2)31(39-4)27(17-20)38-3)15-25(35)29(23)30(34)18-9-8-10-21(32)13-18/h6-13,16-17,19,30,33H,5,14-15H2,1-4H3/t19-,30-/m1/s1. The van der Waals surface area contributed by atoms with Gasteiger partial charge in [0.1, 0.15) is 5.82 Å². The molecule has 1 heterocycles. The Hall–Kier alpha value is -4.33. The van der Waals surface area contributed by atoms with Crippen molar-refractivity contribution in [2.24, 2.45) is 0 Å². The quantitative estimate of drug-likeness (QED) is 0.411. The number of Topliss-reactive ketones (excluding diaryl/α,β-unsaturated/α-hetero) is 1. The molecule has 2 atom stereocenters. The molecule has 0 aromatic heterocycles. The van der Waals surface area contributed by atoms with E-state index in [0.717, 1.165) is 5.56 Å². The van der Waals surface area contributed by atoms with Crippen molar-refractivity contribution in [2.75, 3.05) is 31.5 Å². The number of carbonyl (C=O) groups excluding carboxylic acids is 2. The first-order valence-corrected chi connectivity index (χ1v) is 12.9. The van der Waals surface area contributed by atoms with E-state index in [-0.39, 0.29) is 30.4 Å². The van der Waals surface area contributed by atoms with Crippen LogP contribution in [-0.4, -0.2) is 33.0 Å². The van der Waals surface area contributed by atoms with Gasteiger partial charge in [-0.3, -0.25) is 14.5 Å². The lowest BCUT2D eigenvalue weighted by Gasteiger charge is -2.35. The van der Waals surface area contributed by atoms with E-state index >= 15 is 0 Å². The van der Waals surface area contributed by atoms with Crippen LogP contribution >= 0.6 is 0 Å². The summed E-state index contributed by atoms with van der Waals surface area (Å²) >= 11 is 0. The number of nitrogens with one attached hydrogen (secondary N) is 1. The van der Waals surface area contributed by atoms with Crippen molar-refractivity contribution in [3.63, 3.8) is 0 Å². The van der Waals surface area contributed by atoms with Crippen LogP contribution in [0, 0.1) is 5.82 Å². The van der Waals surface area contributed by atoms with Crippen molar-refractivity contribution in [2.45, 2.75) is 38.1 Å². The first-order chi connectivity index (χ1) is 18.9. The van der Waals surface area contributed by atoms with Crippen molar-refractivity contribution in [3.8, 4) is 17.2 Å². The molecule has 5 rings (SSSR count). The fourth-order valence-electron chi connectivity index (χ4n) is 5.60. The summed E-state index contributed by atoms with van der Waals surface area (Å²) in [7, 11) is 4.66. The Labute approximate surface area is 227 Å². The van der Waals surface area contributed by atoms with Gasteiger partial charge in [-0.15, -0.1) is 0 Å². The van der Waals surface area contributed by atoms with Crippen LogP contribution in [0.4, 0.5) is 15.8 Å². The Bertz CT molecular complexity index is 1440. The number of carbonyl (C=O) groups is 2. The fourth-order valence-corrected chi connectivity index (χ4v) is 5.60. The zero-order valence-electron chi connectivity index (χ0n) is 22.4. The van der Waals surface area contributed by atoms with Gasteiger partial charge >= 0.3 is 0 Å². The second kappa shape index (κ2) is 10.8. The average Bonchev–Trinajstić information content (AvgIpc) is 3.10. The predicted molar refractivity (Wildman–Crippen MR) is 147 cm³/mol. The summed E-state index contributed by atoms with van der Waals surface area (Å²) in [4.78, 5) is 29.1. The van der Waals surface area contributed by atoms with Crippen LogP contribution < -0.4 is 24.4 Å². The van der Waals surface area contributed by atoms with Crippen LogP contribution in [0.1, 0.15) is 49.3 Å². The Balaban J connectivity index is 1.69. The van der Waals surface area contributed by atoms with Gasteiger partial charge in [-0.1, -0.05) is 31.2 Å². The van der Waals surface area contributed by atoms with Crippen LogP contribution in [0.15, 0.2) is 71.9 Å². The van der Waals surface area contributed by atoms with Gasteiger partial charge in [-0.05, 0) is 59.9 Å². The molecule has 0 saturated carbocycles. The number of anilines is 2. The molecule has 2 aliphatic rings. The normalized spacial score (nSPS) is 18.5. The van der Waals surface area contributed by atoms with Gasteiger partial charge in [0.15, 0.2) is 17.3 Å². The van der Waals surface area contributed by atoms with Crippen molar-refractivity contribution < 1.29 is 28.2 Å². The molecule has 3 aromatic rings. The predicted octanol–water partition coefficient (Wildman–Crippen LogP) is 6.16. The number of halogens is 1. The Kier molecular flexibility index (Phi) is 7.28. The number of rotatable bonds is 6. The van der Waals surface area contributed by atoms with Crippen molar-refractivity contribution in [1.29, 1.82) is 0 Å². The Morgan fingerprint density at radius 1 is 0.949 bits per heavy atom. The number of methoxy groups -OCH3 is 3. The highest BCUT2D eigenvalue weighted by Gasteiger charge is 2.41. The molecule has 0 unspecified atom stereocenters. The summed E-state index contributed by atoms with van der Waals surface area (Å²) in [5.74, 6) is 0.609. The third-order valence-electron chi connectivity index (χ3n) is 7.38. The number of nitrogens with zero attached hydrogens (tertiary/aromatic N) is 1. The number of benzene rings is 3. The minimum atomic E-state index is -0.771. The van der Waals surface area contributed by atoms with Gasteiger partial charge in [0.05, 0.1) is 38.7 Å². The smallest absolute Gasteiger partial charge is 0.227 e. The molecule has 0 bridgehead atoms. The number of ether oxygens (including phenoxy) is 3. The number of fused-ring (bicyclic) bond motifs is 1. The number of hydrogen-bond donors (Lipinski definition) is 1. The lowest BCUT2D eigenvalue weighted by atomic mass is 9.78. The van der Waals surface area contributed by atoms with Crippen molar-refractivity contribution >= 4 is 23.1 Å². The largest absolute Gasteiger partial charge is 0.493 e. The van der Waals surface area contributed by atoms with E-state index < -0.39 is 11.9 Å². The second-order valence-corrected chi connectivity index (χ2v) is 9.60. The third kappa shape index (κ3) is 4.71. The van der Waals surface area contributed by atoms with Gasteiger partial charge in [-0.2, -0.15) is 0 Å². The van der Waals surface area contributed by atoms with Gasteiger partial charge in [0.2, 0.25) is 11.7 Å². The van der Waals surface area contributed by atoms with E-state index in [0.29, 0.717) is 51.9 Å². The van der Waals surface area contributed by atoms with E-state index in [9.17, 15) is 14.0 Å². The van der Waals surface area contributed by atoms with Gasteiger partial charge in [0, 0.05) is 24.1 Å². The van der Waals surface area contributed by atoms with E-state index in [1.54, 1.807) is 45.3 Å². The summed E-state index contributed by atoms with van der Waals surface area (Å²) in [6, 6.07) is 16.6. The monoisotopic (exact) mass is 530 g/mol. The van der Waals surface area contributed by atoms with E-state index in [1.165, 1.54) is 12.1 Å². The zero-order chi connectivity index (χ0) is 27.7. The highest BCUT2D eigenvalue weighted by Crippen LogP contribution is 2.49. The molecule has 1 aliphatic carbocycles. The molecule has 0 radical (unpaired) electrons. The summed E-state index contributed by atoms with van der Waals surface area (Å²) in [6.07, 6.45) is 0.925. The maximum atomic E-state index is 14.5. The molecule has 7 nitrogen and oxygen atoms in total. The van der Waals surface area contributed by atoms with E-state index in [2.05, 4.69) is 5.32 Å². The third-order valence-corrected chi connectivity index (χ3v) is 7.38. The topological polar surface area (TPSA) is 77.1 Å². The van der Waals surface area contributed by atoms with Gasteiger partial charge in [0.25, 0.3) is 0 Å². The van der Waals surface area contributed by atoms with E-state index in [4.69, 9.17) is 14.2 Å². The van der Waals surface area contributed by atoms with Crippen molar-refractivity contribution in [3.05, 3.63) is 88.9 Å². The zero-order valence-corrected chi connectivity index (χ0v) is 22.4. The summed E-state index contributed by atoms with van der Waals surface area (Å²) < 4.78 is 31.1. The van der Waals surface area contributed by atoms with Crippen molar-refractivity contribution in [1.82, 2.24) is 0 Å². The number of allylic oxidation sites excluding steroid dienone is 1. The van der Waals surface area contributed by atoms with Crippen LogP contribution in [0.3, 0.4) is 0 Å². The molecular formula is C31H31FN2O5. The Morgan fingerprint density at radius 2 is 1.67 bits per heavy atom. The number of ketones is 1.